The summed E-state index contributed by atoms with van der Waals surface area (Å²) in [5.74, 6) is 0.663. The van der Waals surface area contributed by atoms with Gasteiger partial charge in [-0.05, 0) is 75.2 Å². The van der Waals surface area contributed by atoms with Crippen LogP contribution >= 0.6 is 11.8 Å². The number of benzene rings is 2. The average Bonchev–Trinajstić information content (AvgIpc) is 2.76. The van der Waals surface area contributed by atoms with E-state index in [1.807, 2.05) is 38.1 Å². The van der Waals surface area contributed by atoms with E-state index in [4.69, 9.17) is 18.9 Å². The summed E-state index contributed by atoms with van der Waals surface area (Å²) in [5, 5.41) is 0. The first-order valence-electron chi connectivity index (χ1n) is 10.5. The predicted molar refractivity (Wildman–Crippen MR) is 129 cm³/mol. The van der Waals surface area contributed by atoms with E-state index < -0.39 is 11.9 Å². The normalized spacial score (nSPS) is 10.3. The molecule has 0 aromatic heterocycles. The molecule has 176 valence electrons. The van der Waals surface area contributed by atoms with Gasteiger partial charge in [-0.25, -0.2) is 9.59 Å². The van der Waals surface area contributed by atoms with Crippen LogP contribution in [0.1, 0.15) is 25.0 Å². The zero-order valence-corrected chi connectivity index (χ0v) is 20.4. The largest absolute Gasteiger partial charge is 0.490 e. The number of hydrogen-bond acceptors (Lipinski definition) is 7. The quantitative estimate of drug-likeness (QED) is 0.232. The van der Waals surface area contributed by atoms with E-state index in [1.54, 1.807) is 25.6 Å². The minimum absolute atomic E-state index is 0.172. The highest BCUT2D eigenvalue weighted by Crippen LogP contribution is 2.33. The summed E-state index contributed by atoms with van der Waals surface area (Å²) < 4.78 is 21.5. The standard InChI is InChI=1S/C26H30O6S/c1-17(2)25(27)31-13-11-29-23-9-7-21(15-19(23)5)33-22-8-10-24(20(6)16-22)30-12-14-32-26(28)18(3)4/h7-10,15-16H,1,3,11-14H2,2,4-6H3. The number of carbonyl (C=O) groups excluding carboxylic acids is 2. The number of carbonyl (C=O) groups is 2. The zero-order chi connectivity index (χ0) is 24.4. The summed E-state index contributed by atoms with van der Waals surface area (Å²) in [6, 6.07) is 11.9. The Morgan fingerprint density at radius 1 is 0.727 bits per heavy atom. The molecule has 0 amide bonds. The highest BCUT2D eigenvalue weighted by molar-refractivity contribution is 7.99. The first-order valence-corrected chi connectivity index (χ1v) is 11.3. The van der Waals surface area contributed by atoms with Gasteiger partial charge in [-0.3, -0.25) is 0 Å². The topological polar surface area (TPSA) is 71.1 Å². The molecular weight excluding hydrogens is 440 g/mol. The van der Waals surface area contributed by atoms with E-state index in [9.17, 15) is 9.59 Å². The summed E-state index contributed by atoms with van der Waals surface area (Å²) >= 11 is 1.64. The van der Waals surface area contributed by atoms with Crippen molar-refractivity contribution in [3.8, 4) is 11.5 Å². The van der Waals surface area contributed by atoms with Gasteiger partial charge < -0.3 is 18.9 Å². The van der Waals surface area contributed by atoms with Crippen LogP contribution in [0.25, 0.3) is 0 Å². The molecule has 0 unspecified atom stereocenters. The van der Waals surface area contributed by atoms with Crippen LogP contribution in [0.15, 0.2) is 70.5 Å². The van der Waals surface area contributed by atoms with Gasteiger partial charge in [-0.15, -0.1) is 0 Å². The van der Waals surface area contributed by atoms with E-state index >= 15 is 0 Å². The van der Waals surface area contributed by atoms with Gasteiger partial charge in [0.05, 0.1) is 0 Å². The molecule has 6 nitrogen and oxygen atoms in total. The van der Waals surface area contributed by atoms with Crippen LogP contribution in [-0.2, 0) is 19.1 Å². The van der Waals surface area contributed by atoms with E-state index in [0.29, 0.717) is 11.1 Å². The van der Waals surface area contributed by atoms with Crippen LogP contribution < -0.4 is 9.47 Å². The molecule has 33 heavy (non-hydrogen) atoms. The molecule has 0 heterocycles. The summed E-state index contributed by atoms with van der Waals surface area (Å²) in [5.41, 5.74) is 2.72. The van der Waals surface area contributed by atoms with Crippen molar-refractivity contribution in [3.05, 3.63) is 71.8 Å². The Labute approximate surface area is 199 Å². The Kier molecular flexibility index (Phi) is 10.1. The molecule has 0 radical (unpaired) electrons. The van der Waals surface area contributed by atoms with Crippen molar-refractivity contribution in [2.45, 2.75) is 37.5 Å². The lowest BCUT2D eigenvalue weighted by Gasteiger charge is -2.12. The summed E-state index contributed by atoms with van der Waals surface area (Å²) in [4.78, 5) is 24.9. The van der Waals surface area contributed by atoms with Crippen LogP contribution in [0.5, 0.6) is 11.5 Å². The molecule has 0 atom stereocenters. The maximum Gasteiger partial charge on any atom is 0.333 e. The molecule has 2 aromatic carbocycles. The zero-order valence-electron chi connectivity index (χ0n) is 19.6. The maximum atomic E-state index is 11.4. The highest BCUT2D eigenvalue weighted by Gasteiger charge is 2.08. The number of rotatable bonds is 12. The van der Waals surface area contributed by atoms with Crippen molar-refractivity contribution in [3.63, 3.8) is 0 Å². The Morgan fingerprint density at radius 3 is 1.45 bits per heavy atom. The molecule has 7 heteroatoms. The van der Waals surface area contributed by atoms with Crippen LogP contribution in [0, 0.1) is 13.8 Å². The van der Waals surface area contributed by atoms with Crippen molar-refractivity contribution < 1.29 is 28.5 Å². The summed E-state index contributed by atoms with van der Waals surface area (Å²) in [7, 11) is 0. The van der Waals surface area contributed by atoms with Crippen molar-refractivity contribution in [2.24, 2.45) is 0 Å². The van der Waals surface area contributed by atoms with E-state index in [0.717, 1.165) is 32.4 Å². The molecule has 0 spiro atoms. The van der Waals surface area contributed by atoms with Crippen molar-refractivity contribution in [2.75, 3.05) is 26.4 Å². The Balaban J connectivity index is 1.86. The first-order chi connectivity index (χ1) is 15.7. The van der Waals surface area contributed by atoms with Gasteiger partial charge in [0.2, 0.25) is 0 Å². The minimum Gasteiger partial charge on any atom is -0.490 e. The second-order valence-corrected chi connectivity index (χ2v) is 8.63. The third-order valence-electron chi connectivity index (χ3n) is 4.37. The molecule has 0 saturated carbocycles. The minimum atomic E-state index is -0.417. The monoisotopic (exact) mass is 470 g/mol. The third-order valence-corrected chi connectivity index (χ3v) is 5.35. The summed E-state index contributed by atoms with van der Waals surface area (Å²) in [6.07, 6.45) is 0. The van der Waals surface area contributed by atoms with Gasteiger partial charge in [0, 0.05) is 20.9 Å². The van der Waals surface area contributed by atoms with Gasteiger partial charge in [0.1, 0.15) is 37.9 Å². The highest BCUT2D eigenvalue weighted by atomic mass is 32.2. The van der Waals surface area contributed by atoms with Crippen molar-refractivity contribution in [1.29, 1.82) is 0 Å². The van der Waals surface area contributed by atoms with Gasteiger partial charge in [0.25, 0.3) is 0 Å². The number of hydrogen-bond donors (Lipinski definition) is 0. The van der Waals surface area contributed by atoms with Crippen LogP contribution in [0.2, 0.25) is 0 Å². The SMILES string of the molecule is C=C(C)C(=O)OCCOc1ccc(Sc2ccc(OCCOC(=O)C(=C)C)c(C)c2)cc1C. The molecular formula is C26H30O6S. The molecule has 0 aliphatic heterocycles. The van der Waals surface area contributed by atoms with E-state index in [-0.39, 0.29) is 26.4 Å². The number of esters is 2. The fraction of sp³-hybridized carbons (Fsp3) is 0.308. The lowest BCUT2D eigenvalue weighted by atomic mass is 10.2. The van der Waals surface area contributed by atoms with Gasteiger partial charge in [0.15, 0.2) is 0 Å². The summed E-state index contributed by atoms with van der Waals surface area (Å²) in [6.45, 7) is 15.2. The van der Waals surface area contributed by atoms with Crippen molar-refractivity contribution in [1.82, 2.24) is 0 Å². The molecule has 0 N–H and O–H groups in total. The van der Waals surface area contributed by atoms with Gasteiger partial charge in [-0.1, -0.05) is 24.9 Å². The Bertz CT molecular complexity index is 946. The molecule has 0 bridgehead atoms. The lowest BCUT2D eigenvalue weighted by molar-refractivity contribution is -0.140. The number of aryl methyl sites for hydroxylation is 2. The van der Waals surface area contributed by atoms with E-state index in [1.165, 1.54) is 0 Å². The predicted octanol–water partition coefficient (Wildman–Crippen LogP) is 5.45. The van der Waals surface area contributed by atoms with Crippen LogP contribution in [0.3, 0.4) is 0 Å². The number of ether oxygens (including phenoxy) is 4. The molecule has 0 aliphatic rings. The average molecular weight is 471 g/mol. The third kappa shape index (κ3) is 8.69. The van der Waals surface area contributed by atoms with E-state index in [2.05, 4.69) is 25.3 Å². The second kappa shape index (κ2) is 12.7. The van der Waals surface area contributed by atoms with Crippen LogP contribution in [-0.4, -0.2) is 38.4 Å². The molecule has 2 rings (SSSR count). The van der Waals surface area contributed by atoms with Crippen LogP contribution in [0.4, 0.5) is 0 Å². The molecule has 0 aliphatic carbocycles. The smallest absolute Gasteiger partial charge is 0.333 e. The maximum absolute atomic E-state index is 11.4. The molecule has 2 aromatic rings. The molecule has 0 fully saturated rings. The lowest BCUT2D eigenvalue weighted by Crippen LogP contribution is -2.12. The van der Waals surface area contributed by atoms with Gasteiger partial charge in [-0.2, -0.15) is 0 Å². The fourth-order valence-corrected chi connectivity index (χ4v) is 3.66. The Morgan fingerprint density at radius 2 is 1.12 bits per heavy atom. The van der Waals surface area contributed by atoms with Crippen molar-refractivity contribution >= 4 is 23.7 Å². The van der Waals surface area contributed by atoms with Gasteiger partial charge >= 0.3 is 11.9 Å². The second-order valence-electron chi connectivity index (χ2n) is 7.49. The molecule has 0 saturated heterocycles. The Hall–Kier alpha value is -3.19. The fourth-order valence-electron chi connectivity index (χ4n) is 2.65. The first kappa shape index (κ1) is 26.1.